The lowest BCUT2D eigenvalue weighted by Crippen LogP contribution is -2.24. The van der Waals surface area contributed by atoms with Gasteiger partial charge in [-0.1, -0.05) is 36.4 Å². The molecule has 1 N–H and O–H groups in total. The van der Waals surface area contributed by atoms with Gasteiger partial charge in [0.15, 0.2) is 6.61 Å². The van der Waals surface area contributed by atoms with Crippen molar-refractivity contribution in [1.82, 2.24) is 10.4 Å². The van der Waals surface area contributed by atoms with E-state index in [0.717, 1.165) is 21.0 Å². The third-order valence-corrected chi connectivity index (χ3v) is 5.45. The average Bonchev–Trinajstić information content (AvgIpc) is 2.87. The molecule has 8 heteroatoms. The highest BCUT2D eigenvalue weighted by molar-refractivity contribution is 9.10. The number of halogens is 1. The van der Waals surface area contributed by atoms with Gasteiger partial charge >= 0.3 is 0 Å². The zero-order chi connectivity index (χ0) is 23.8. The molecular formula is C26H19BrN4O3. The second-order valence-electron chi connectivity index (χ2n) is 7.16. The van der Waals surface area contributed by atoms with E-state index in [1.165, 1.54) is 6.21 Å². The van der Waals surface area contributed by atoms with Crippen molar-refractivity contribution in [2.24, 2.45) is 5.10 Å². The van der Waals surface area contributed by atoms with E-state index in [1.807, 2.05) is 54.6 Å². The van der Waals surface area contributed by atoms with Crippen molar-refractivity contribution in [3.63, 3.8) is 0 Å². The van der Waals surface area contributed by atoms with Crippen LogP contribution in [0.4, 0.5) is 0 Å². The molecule has 7 nitrogen and oxygen atoms in total. The first kappa shape index (κ1) is 23.0. The van der Waals surface area contributed by atoms with Crippen LogP contribution in [-0.4, -0.2) is 23.7 Å². The summed E-state index contributed by atoms with van der Waals surface area (Å²) in [5.41, 5.74) is 5.30. The van der Waals surface area contributed by atoms with Gasteiger partial charge in [-0.3, -0.25) is 9.78 Å². The van der Waals surface area contributed by atoms with Gasteiger partial charge in [-0.2, -0.15) is 10.4 Å². The number of benzene rings is 3. The van der Waals surface area contributed by atoms with E-state index in [-0.39, 0.29) is 19.1 Å². The molecule has 0 bridgehead atoms. The molecule has 4 aromatic rings. The number of hydrogen-bond acceptors (Lipinski definition) is 6. The topological polar surface area (TPSA) is 96.6 Å². The molecule has 0 atom stereocenters. The highest BCUT2D eigenvalue weighted by Crippen LogP contribution is 2.27. The Hall–Kier alpha value is -4.22. The molecule has 0 unspecified atom stereocenters. The van der Waals surface area contributed by atoms with Gasteiger partial charge in [0.1, 0.15) is 23.6 Å². The molecule has 1 amide bonds. The molecule has 0 aliphatic carbocycles. The van der Waals surface area contributed by atoms with Crippen LogP contribution in [0.25, 0.3) is 10.9 Å². The van der Waals surface area contributed by atoms with Crippen LogP contribution in [0, 0.1) is 11.3 Å². The van der Waals surface area contributed by atoms with E-state index in [9.17, 15) is 10.1 Å². The smallest absolute Gasteiger partial charge is 0.277 e. The largest absolute Gasteiger partial charge is 0.488 e. The third kappa shape index (κ3) is 5.77. The quantitative estimate of drug-likeness (QED) is 0.264. The Balaban J connectivity index is 1.30. The van der Waals surface area contributed by atoms with E-state index in [2.05, 4.69) is 37.5 Å². The molecule has 1 aromatic heterocycles. The molecule has 34 heavy (non-hydrogen) atoms. The van der Waals surface area contributed by atoms with Crippen molar-refractivity contribution in [3.8, 4) is 17.6 Å². The monoisotopic (exact) mass is 514 g/mol. The van der Waals surface area contributed by atoms with Crippen LogP contribution in [0.2, 0.25) is 0 Å². The maximum Gasteiger partial charge on any atom is 0.277 e. The number of amides is 1. The number of para-hydroxylation sites is 1. The lowest BCUT2D eigenvalue weighted by atomic mass is 10.1. The summed E-state index contributed by atoms with van der Waals surface area (Å²) >= 11 is 3.48. The Labute approximate surface area is 204 Å². The summed E-state index contributed by atoms with van der Waals surface area (Å²) in [6.07, 6.45) is 3.20. The zero-order valence-electron chi connectivity index (χ0n) is 17.9. The summed E-state index contributed by atoms with van der Waals surface area (Å²) in [7, 11) is 0. The summed E-state index contributed by atoms with van der Waals surface area (Å²) in [5.74, 6) is 0.777. The van der Waals surface area contributed by atoms with Gasteiger partial charge in [-0.15, -0.1) is 0 Å². The first-order valence-electron chi connectivity index (χ1n) is 10.3. The fourth-order valence-electron chi connectivity index (χ4n) is 3.17. The fourth-order valence-corrected chi connectivity index (χ4v) is 3.68. The summed E-state index contributed by atoms with van der Waals surface area (Å²) < 4.78 is 12.2. The number of hydrazone groups is 1. The first-order chi connectivity index (χ1) is 16.6. The number of pyridine rings is 1. The number of fused-ring (bicyclic) bond motifs is 1. The normalized spacial score (nSPS) is 10.7. The molecule has 0 radical (unpaired) electrons. The molecule has 0 aliphatic rings. The predicted octanol–water partition coefficient (Wildman–Crippen LogP) is 4.98. The van der Waals surface area contributed by atoms with Gasteiger partial charge in [0.05, 0.1) is 22.3 Å². The Bertz CT molecular complexity index is 1390. The first-order valence-corrected chi connectivity index (χ1v) is 11.1. The number of ether oxygens (including phenoxy) is 2. The fraction of sp³-hybridized carbons (Fsp3) is 0.0769. The van der Waals surface area contributed by atoms with Gasteiger partial charge in [-0.25, -0.2) is 5.43 Å². The molecule has 1 heterocycles. The number of nitriles is 1. The van der Waals surface area contributed by atoms with Crippen LogP contribution < -0.4 is 14.9 Å². The van der Waals surface area contributed by atoms with Crippen LogP contribution >= 0.6 is 15.9 Å². The Kier molecular flexibility index (Phi) is 7.48. The predicted molar refractivity (Wildman–Crippen MR) is 133 cm³/mol. The van der Waals surface area contributed by atoms with E-state index in [4.69, 9.17) is 9.47 Å². The van der Waals surface area contributed by atoms with Crippen molar-refractivity contribution >= 4 is 39.0 Å². The molecule has 168 valence electrons. The summed E-state index contributed by atoms with van der Waals surface area (Å²) in [6.45, 7) is 0.0890. The number of rotatable bonds is 8. The second-order valence-corrected chi connectivity index (χ2v) is 8.01. The average molecular weight is 515 g/mol. The third-order valence-electron chi connectivity index (χ3n) is 4.83. The molecule has 0 saturated heterocycles. The Morgan fingerprint density at radius 3 is 2.76 bits per heavy atom. The SMILES string of the molecule is N#Cc1ccccc1COc1ccc(C=NNC(=O)COc2cccc3cccnc23)cc1Br. The molecule has 4 rings (SSSR count). The van der Waals surface area contributed by atoms with Crippen LogP contribution in [0.3, 0.4) is 0 Å². The second kappa shape index (κ2) is 11.1. The van der Waals surface area contributed by atoms with Crippen molar-refractivity contribution in [3.05, 3.63) is 100 Å². The lowest BCUT2D eigenvalue weighted by Gasteiger charge is -2.10. The maximum atomic E-state index is 12.1. The van der Waals surface area contributed by atoms with Crippen molar-refractivity contribution < 1.29 is 14.3 Å². The minimum Gasteiger partial charge on any atom is -0.488 e. The number of nitrogens with zero attached hydrogens (tertiary/aromatic N) is 3. The number of aromatic nitrogens is 1. The Morgan fingerprint density at radius 1 is 1.06 bits per heavy atom. The number of nitrogens with one attached hydrogen (secondary N) is 1. The van der Waals surface area contributed by atoms with Crippen LogP contribution in [0.5, 0.6) is 11.5 Å². The van der Waals surface area contributed by atoms with Gasteiger partial charge in [-0.05, 0) is 57.9 Å². The summed E-state index contributed by atoms with van der Waals surface area (Å²) in [4.78, 5) is 16.4. The molecule has 0 saturated carbocycles. The highest BCUT2D eigenvalue weighted by Gasteiger charge is 2.07. The van der Waals surface area contributed by atoms with E-state index in [1.54, 1.807) is 24.4 Å². The van der Waals surface area contributed by atoms with Crippen LogP contribution in [0.15, 0.2) is 88.6 Å². The number of carbonyl (C=O) groups excluding carboxylic acids is 1. The van der Waals surface area contributed by atoms with Crippen molar-refractivity contribution in [2.45, 2.75) is 6.61 Å². The summed E-state index contributed by atoms with van der Waals surface area (Å²) in [6, 6.07) is 24.2. The number of hydrogen-bond donors (Lipinski definition) is 1. The number of carbonyl (C=O) groups is 1. The highest BCUT2D eigenvalue weighted by atomic mass is 79.9. The Morgan fingerprint density at radius 2 is 1.91 bits per heavy atom. The maximum absolute atomic E-state index is 12.1. The minimum atomic E-state index is -0.389. The molecular weight excluding hydrogens is 496 g/mol. The van der Waals surface area contributed by atoms with Crippen LogP contribution in [-0.2, 0) is 11.4 Å². The van der Waals surface area contributed by atoms with Gasteiger partial charge in [0.25, 0.3) is 5.91 Å². The van der Waals surface area contributed by atoms with Crippen molar-refractivity contribution in [1.29, 1.82) is 5.26 Å². The molecule has 0 aliphatic heterocycles. The van der Waals surface area contributed by atoms with Gasteiger partial charge in [0.2, 0.25) is 0 Å². The van der Waals surface area contributed by atoms with Gasteiger partial charge in [0, 0.05) is 17.1 Å². The van der Waals surface area contributed by atoms with E-state index < -0.39 is 0 Å². The minimum absolute atomic E-state index is 0.187. The van der Waals surface area contributed by atoms with E-state index >= 15 is 0 Å². The molecule has 0 fully saturated rings. The zero-order valence-corrected chi connectivity index (χ0v) is 19.5. The molecule has 0 spiro atoms. The lowest BCUT2D eigenvalue weighted by molar-refractivity contribution is -0.123. The standard InChI is InChI=1S/C26H19BrN4O3/c27-22-13-18(10-11-23(22)33-16-21-6-2-1-5-20(21)14-28)15-30-31-25(32)17-34-24-9-3-7-19-8-4-12-29-26(19)24/h1-13,15H,16-17H2,(H,31,32). The molecule has 3 aromatic carbocycles. The van der Waals surface area contributed by atoms with Crippen molar-refractivity contribution in [2.75, 3.05) is 6.61 Å². The van der Waals surface area contributed by atoms with E-state index in [0.29, 0.717) is 22.6 Å². The van der Waals surface area contributed by atoms with Crippen LogP contribution in [0.1, 0.15) is 16.7 Å². The van der Waals surface area contributed by atoms with Gasteiger partial charge < -0.3 is 9.47 Å². The summed E-state index contributed by atoms with van der Waals surface area (Å²) in [5, 5.41) is 14.1.